The Morgan fingerprint density at radius 2 is 0.938 bits per heavy atom. The summed E-state index contributed by atoms with van der Waals surface area (Å²) in [7, 11) is -8.64. The molecule has 0 fully saturated rings. The molecule has 6 N–H and O–H groups in total. The number of aliphatic carboxylic acids is 2. The first-order valence-corrected chi connectivity index (χ1v) is 6.96. The van der Waals surface area contributed by atoms with Crippen molar-refractivity contribution in [3.05, 3.63) is 0 Å². The van der Waals surface area contributed by atoms with Gasteiger partial charge in [0.1, 0.15) is 12.3 Å². The molecule has 0 bridgehead atoms. The van der Waals surface area contributed by atoms with Gasteiger partial charge in [-0.05, 0) is 0 Å². The van der Waals surface area contributed by atoms with Crippen LogP contribution in [0, 0.1) is 0 Å². The molecule has 0 amide bonds. The van der Waals surface area contributed by atoms with E-state index >= 15 is 0 Å². The fourth-order valence-electron chi connectivity index (χ4n) is 0.352. The Hall–Kier alpha value is -0.760. The fraction of sp³-hybridized carbons (Fsp3) is 0.500. The van der Waals surface area contributed by atoms with E-state index in [2.05, 4.69) is 0 Å². The Morgan fingerprint density at radius 1 is 0.750 bits per heavy atom. The molecule has 16 heavy (non-hydrogen) atoms. The Balaban J connectivity index is 0. The minimum Gasteiger partial charge on any atom is -0.481 e. The average Bonchev–Trinajstić information content (AvgIpc) is 1.72. The number of carboxylic acids is 2. The predicted molar refractivity (Wildman–Crippen MR) is 49.1 cm³/mol. The third kappa shape index (κ3) is 23.2. The molecule has 0 atom stereocenters. The molecule has 12 heteroatoms. The Labute approximate surface area is 88.9 Å². The van der Waals surface area contributed by atoms with Crippen molar-refractivity contribution in [2.45, 2.75) is 0 Å². The topological polar surface area (TPSA) is 190 Å². The second-order valence-corrected chi connectivity index (χ2v) is 5.72. The summed E-state index contributed by atoms with van der Waals surface area (Å²) in [6.07, 6.45) is -2.18. The van der Waals surface area contributed by atoms with Gasteiger partial charge in [0.25, 0.3) is 0 Å². The van der Waals surface area contributed by atoms with Gasteiger partial charge in [0.15, 0.2) is 0 Å². The molecule has 0 saturated carbocycles. The maximum absolute atomic E-state index is 9.76. The van der Waals surface area contributed by atoms with Crippen LogP contribution in [-0.2, 0) is 18.7 Å². The van der Waals surface area contributed by atoms with Crippen LogP contribution in [0.5, 0.6) is 0 Å². The summed E-state index contributed by atoms with van der Waals surface area (Å²) in [4.78, 5) is 50.7. The van der Waals surface area contributed by atoms with Crippen molar-refractivity contribution in [1.29, 1.82) is 0 Å². The van der Waals surface area contributed by atoms with E-state index in [1.807, 2.05) is 0 Å². The fourth-order valence-corrected chi connectivity index (χ4v) is 1.06. The second kappa shape index (κ2) is 6.74. The van der Waals surface area contributed by atoms with Crippen molar-refractivity contribution in [3.8, 4) is 0 Å². The molecule has 0 aromatic rings. The molecule has 0 aliphatic rings. The lowest BCUT2D eigenvalue weighted by molar-refractivity contribution is -0.135. The van der Waals surface area contributed by atoms with Crippen molar-refractivity contribution in [1.82, 2.24) is 0 Å². The van der Waals surface area contributed by atoms with Crippen LogP contribution >= 0.6 is 15.2 Å². The van der Waals surface area contributed by atoms with E-state index in [-0.39, 0.29) is 0 Å². The van der Waals surface area contributed by atoms with Gasteiger partial charge >= 0.3 is 27.1 Å². The molecule has 0 aliphatic heterocycles. The molecule has 96 valence electrons. The van der Waals surface area contributed by atoms with Crippen molar-refractivity contribution in [3.63, 3.8) is 0 Å². The van der Waals surface area contributed by atoms with E-state index < -0.39 is 39.5 Å². The lowest BCUT2D eigenvalue weighted by atomic mass is 10.8. The van der Waals surface area contributed by atoms with Crippen LogP contribution in [-0.4, -0.2) is 54.0 Å². The van der Waals surface area contributed by atoms with E-state index in [1.54, 1.807) is 0 Å². The smallest absolute Gasteiger partial charge is 0.336 e. The van der Waals surface area contributed by atoms with Crippen LogP contribution < -0.4 is 0 Å². The maximum atomic E-state index is 9.76. The normalized spacial score (nSPS) is 11.2. The first kappa shape index (κ1) is 17.6. The van der Waals surface area contributed by atoms with Gasteiger partial charge in [0.2, 0.25) is 0 Å². The number of carbonyl (C=O) groups is 2. The highest BCUT2D eigenvalue weighted by Crippen LogP contribution is 2.33. The zero-order valence-corrected chi connectivity index (χ0v) is 9.41. The molecule has 10 nitrogen and oxygen atoms in total. The van der Waals surface area contributed by atoms with Crippen molar-refractivity contribution in [2.75, 3.05) is 12.3 Å². The molecular formula is C4H10O10P2. The summed E-state index contributed by atoms with van der Waals surface area (Å²) in [6.45, 7) is 0. The molecule has 0 spiro atoms. The van der Waals surface area contributed by atoms with Gasteiger partial charge in [0.05, 0.1) is 0 Å². The maximum Gasteiger partial charge on any atom is 0.336 e. The molecule has 0 aliphatic carbocycles. The van der Waals surface area contributed by atoms with Crippen molar-refractivity contribution < 1.29 is 48.5 Å². The molecular weight excluding hydrogens is 270 g/mol. The largest absolute Gasteiger partial charge is 0.481 e. The van der Waals surface area contributed by atoms with E-state index in [0.717, 1.165) is 0 Å². The molecule has 0 radical (unpaired) electrons. The summed E-state index contributed by atoms with van der Waals surface area (Å²) in [6, 6.07) is 0. The number of hydrogen-bond acceptors (Lipinski definition) is 4. The van der Waals surface area contributed by atoms with Crippen LogP contribution in [0.25, 0.3) is 0 Å². The van der Waals surface area contributed by atoms with E-state index in [0.29, 0.717) is 0 Å². The van der Waals surface area contributed by atoms with Gasteiger partial charge in [-0.3, -0.25) is 18.7 Å². The van der Waals surface area contributed by atoms with Gasteiger partial charge < -0.3 is 29.8 Å². The van der Waals surface area contributed by atoms with Gasteiger partial charge in [-0.15, -0.1) is 0 Å². The quantitative estimate of drug-likeness (QED) is 0.330. The molecule has 0 heterocycles. The summed E-state index contributed by atoms with van der Waals surface area (Å²) in [5, 5.41) is 15.5. The van der Waals surface area contributed by atoms with Crippen LogP contribution in [0.3, 0.4) is 0 Å². The SMILES string of the molecule is O=C(O)CP(=O)(O)O.O=C(O)CP(=O)(O)O. The Bertz CT molecular complexity index is 301. The predicted octanol–water partition coefficient (Wildman–Crippen LogP) is -1.50. The first-order chi connectivity index (χ1) is 6.83. The summed E-state index contributed by atoms with van der Waals surface area (Å²) >= 11 is 0. The molecule has 0 rings (SSSR count). The monoisotopic (exact) mass is 280 g/mol. The van der Waals surface area contributed by atoms with Crippen LogP contribution in [0.1, 0.15) is 0 Å². The summed E-state index contributed by atoms with van der Waals surface area (Å²) < 4.78 is 19.5. The molecule has 0 aromatic heterocycles. The van der Waals surface area contributed by atoms with E-state index in [4.69, 9.17) is 29.8 Å². The third-order valence-electron chi connectivity index (χ3n) is 0.682. The number of rotatable bonds is 4. The van der Waals surface area contributed by atoms with Gasteiger partial charge in [-0.2, -0.15) is 0 Å². The Morgan fingerprint density at radius 3 is 0.938 bits per heavy atom. The number of hydrogen-bond donors (Lipinski definition) is 6. The standard InChI is InChI=1S/2C2H5O5P/c2*3-2(4)1-8(5,6)7/h2*1H2,(H,3,4)(H2,5,6,7). The highest BCUT2D eigenvalue weighted by atomic mass is 31.2. The van der Waals surface area contributed by atoms with Crippen molar-refractivity contribution in [2.24, 2.45) is 0 Å². The van der Waals surface area contributed by atoms with Gasteiger partial charge in [-0.1, -0.05) is 0 Å². The van der Waals surface area contributed by atoms with Crippen molar-refractivity contribution >= 4 is 27.1 Å². The van der Waals surface area contributed by atoms with Crippen LogP contribution in [0.4, 0.5) is 0 Å². The Kier molecular flexibility index (Phi) is 7.43. The highest BCUT2D eigenvalue weighted by Gasteiger charge is 2.17. The van der Waals surface area contributed by atoms with Gasteiger partial charge in [-0.25, -0.2) is 0 Å². The lowest BCUT2D eigenvalue weighted by Gasteiger charge is -1.95. The summed E-state index contributed by atoms with van der Waals surface area (Å²) in [5.41, 5.74) is 0. The minimum atomic E-state index is -4.32. The summed E-state index contributed by atoms with van der Waals surface area (Å²) in [5.74, 6) is -2.98. The lowest BCUT2D eigenvalue weighted by Crippen LogP contribution is -2.01. The van der Waals surface area contributed by atoms with Gasteiger partial charge in [0, 0.05) is 0 Å². The van der Waals surface area contributed by atoms with Crippen LogP contribution in [0.15, 0.2) is 0 Å². The minimum absolute atomic E-state index is 1.09. The highest BCUT2D eigenvalue weighted by molar-refractivity contribution is 7.53. The molecule has 0 aromatic carbocycles. The average molecular weight is 280 g/mol. The molecule has 0 unspecified atom stereocenters. The second-order valence-electron chi connectivity index (χ2n) is 2.43. The van der Waals surface area contributed by atoms with Crippen LogP contribution in [0.2, 0.25) is 0 Å². The van der Waals surface area contributed by atoms with E-state index in [1.165, 1.54) is 0 Å². The molecule has 0 saturated heterocycles. The third-order valence-corrected chi connectivity index (χ3v) is 2.05. The zero-order valence-electron chi connectivity index (χ0n) is 7.62. The first-order valence-electron chi connectivity index (χ1n) is 3.36. The number of carboxylic acid groups (broad SMARTS) is 2. The van der Waals surface area contributed by atoms with E-state index in [9.17, 15) is 18.7 Å². The zero-order chi connectivity index (χ0) is 13.6.